The van der Waals surface area contributed by atoms with Gasteiger partial charge in [-0.1, -0.05) is 25.1 Å². The third-order valence-corrected chi connectivity index (χ3v) is 4.18. The molecule has 1 aromatic carbocycles. The molecule has 0 saturated carbocycles. The van der Waals surface area contributed by atoms with Gasteiger partial charge in [0.1, 0.15) is 11.3 Å². The van der Waals surface area contributed by atoms with Gasteiger partial charge in [-0.25, -0.2) is 0 Å². The van der Waals surface area contributed by atoms with Gasteiger partial charge in [0, 0.05) is 29.9 Å². The Hall–Kier alpha value is -2.17. The summed E-state index contributed by atoms with van der Waals surface area (Å²) < 4.78 is 6.04. The fourth-order valence-corrected chi connectivity index (χ4v) is 2.92. The molecule has 0 aliphatic carbocycles. The van der Waals surface area contributed by atoms with Gasteiger partial charge in [0.15, 0.2) is 0 Å². The van der Waals surface area contributed by atoms with Gasteiger partial charge in [0.25, 0.3) is 0 Å². The summed E-state index contributed by atoms with van der Waals surface area (Å²) in [4.78, 5) is 3.97. The predicted octanol–water partition coefficient (Wildman–Crippen LogP) is 3.77. The molecule has 0 saturated heterocycles. The van der Waals surface area contributed by atoms with E-state index < -0.39 is 6.10 Å². The number of aromatic nitrogens is 1. The molecule has 0 amide bonds. The fourth-order valence-electron chi connectivity index (χ4n) is 2.92. The van der Waals surface area contributed by atoms with E-state index in [1.165, 1.54) is 10.9 Å². The molecule has 2 aromatic heterocycles. The van der Waals surface area contributed by atoms with Crippen LogP contribution in [0.15, 0.2) is 53.2 Å². The molecule has 2 N–H and O–H groups in total. The standard InChI is InChI=1S/C19H22N2O2/c1-3-15-16-6-4-5-7-18(16)23-19(15)13(2)21-12-17(22)14-8-10-20-11-9-14/h4-11,13,17,21-22H,3,12H2,1-2H3. The molecule has 2 unspecified atom stereocenters. The third-order valence-electron chi connectivity index (χ3n) is 4.18. The number of aliphatic hydroxyl groups excluding tert-OH is 1. The molecule has 0 spiro atoms. The Labute approximate surface area is 136 Å². The van der Waals surface area contributed by atoms with Crippen LogP contribution in [-0.2, 0) is 6.42 Å². The van der Waals surface area contributed by atoms with Crippen molar-refractivity contribution in [1.29, 1.82) is 0 Å². The van der Waals surface area contributed by atoms with Gasteiger partial charge < -0.3 is 14.8 Å². The highest BCUT2D eigenvalue weighted by molar-refractivity contribution is 5.82. The zero-order valence-corrected chi connectivity index (χ0v) is 13.5. The number of fused-ring (bicyclic) bond motifs is 1. The number of aliphatic hydroxyl groups is 1. The lowest BCUT2D eigenvalue weighted by molar-refractivity contribution is 0.169. The van der Waals surface area contributed by atoms with Crippen LogP contribution in [0.2, 0.25) is 0 Å². The lowest BCUT2D eigenvalue weighted by atomic mass is 10.0. The van der Waals surface area contributed by atoms with Gasteiger partial charge >= 0.3 is 0 Å². The van der Waals surface area contributed by atoms with E-state index in [9.17, 15) is 5.11 Å². The van der Waals surface area contributed by atoms with Crippen LogP contribution >= 0.6 is 0 Å². The van der Waals surface area contributed by atoms with Crippen molar-refractivity contribution < 1.29 is 9.52 Å². The number of nitrogens with zero attached hydrogens (tertiary/aromatic N) is 1. The van der Waals surface area contributed by atoms with E-state index in [0.717, 1.165) is 23.3 Å². The Bertz CT molecular complexity index is 767. The minimum Gasteiger partial charge on any atom is -0.459 e. The lowest BCUT2D eigenvalue weighted by Crippen LogP contribution is -2.25. The second-order valence-corrected chi connectivity index (χ2v) is 5.72. The van der Waals surface area contributed by atoms with Crippen molar-refractivity contribution in [1.82, 2.24) is 10.3 Å². The van der Waals surface area contributed by atoms with Crippen molar-refractivity contribution in [2.24, 2.45) is 0 Å². The van der Waals surface area contributed by atoms with Crippen molar-refractivity contribution in [3.05, 3.63) is 65.7 Å². The molecule has 0 aliphatic heterocycles. The fraction of sp³-hybridized carbons (Fsp3) is 0.316. The Balaban J connectivity index is 1.74. The Morgan fingerprint density at radius 2 is 1.91 bits per heavy atom. The minimum atomic E-state index is -0.560. The first-order chi connectivity index (χ1) is 11.2. The van der Waals surface area contributed by atoms with Crippen molar-refractivity contribution in [3.63, 3.8) is 0 Å². The topological polar surface area (TPSA) is 58.3 Å². The summed E-state index contributed by atoms with van der Waals surface area (Å²) in [5.41, 5.74) is 3.02. The largest absolute Gasteiger partial charge is 0.459 e. The molecular weight excluding hydrogens is 288 g/mol. The first-order valence-corrected chi connectivity index (χ1v) is 8.02. The maximum atomic E-state index is 10.3. The summed E-state index contributed by atoms with van der Waals surface area (Å²) >= 11 is 0. The maximum Gasteiger partial charge on any atom is 0.134 e. The number of hydrogen-bond acceptors (Lipinski definition) is 4. The van der Waals surface area contributed by atoms with E-state index in [2.05, 4.69) is 30.2 Å². The van der Waals surface area contributed by atoms with E-state index >= 15 is 0 Å². The smallest absolute Gasteiger partial charge is 0.134 e. The van der Waals surface area contributed by atoms with Crippen molar-refractivity contribution >= 4 is 11.0 Å². The number of rotatable bonds is 6. The molecule has 0 fully saturated rings. The molecule has 0 aliphatic rings. The number of pyridine rings is 1. The molecule has 0 bridgehead atoms. The molecule has 3 aromatic rings. The molecule has 23 heavy (non-hydrogen) atoms. The quantitative estimate of drug-likeness (QED) is 0.727. The number of hydrogen-bond donors (Lipinski definition) is 2. The van der Waals surface area contributed by atoms with E-state index in [1.54, 1.807) is 12.4 Å². The van der Waals surface area contributed by atoms with Crippen LogP contribution in [0.25, 0.3) is 11.0 Å². The number of aryl methyl sites for hydroxylation is 1. The lowest BCUT2D eigenvalue weighted by Gasteiger charge is -2.17. The van der Waals surface area contributed by atoms with Crippen LogP contribution in [0.3, 0.4) is 0 Å². The monoisotopic (exact) mass is 310 g/mol. The van der Waals surface area contributed by atoms with Crippen LogP contribution in [0, 0.1) is 0 Å². The Morgan fingerprint density at radius 3 is 2.65 bits per heavy atom. The normalized spacial score (nSPS) is 14.0. The summed E-state index contributed by atoms with van der Waals surface area (Å²) in [6, 6.07) is 11.8. The maximum absolute atomic E-state index is 10.3. The first-order valence-electron chi connectivity index (χ1n) is 8.02. The van der Waals surface area contributed by atoms with E-state index in [4.69, 9.17) is 4.42 Å². The molecule has 2 heterocycles. The molecule has 0 radical (unpaired) electrons. The van der Waals surface area contributed by atoms with E-state index in [0.29, 0.717) is 6.54 Å². The average Bonchev–Trinajstić information content (AvgIpc) is 2.98. The molecular formula is C19H22N2O2. The number of furan rings is 1. The molecule has 3 rings (SSSR count). The summed E-state index contributed by atoms with van der Waals surface area (Å²) in [7, 11) is 0. The zero-order chi connectivity index (χ0) is 16.2. The van der Waals surface area contributed by atoms with E-state index in [-0.39, 0.29) is 6.04 Å². The van der Waals surface area contributed by atoms with Gasteiger partial charge in [-0.2, -0.15) is 0 Å². The van der Waals surface area contributed by atoms with Gasteiger partial charge in [0.2, 0.25) is 0 Å². The van der Waals surface area contributed by atoms with Gasteiger partial charge in [-0.15, -0.1) is 0 Å². The summed E-state index contributed by atoms with van der Waals surface area (Å²) in [5.74, 6) is 0.954. The first kappa shape index (κ1) is 15.7. The summed E-state index contributed by atoms with van der Waals surface area (Å²) in [6.07, 6.45) is 3.74. The molecule has 2 atom stereocenters. The zero-order valence-electron chi connectivity index (χ0n) is 13.5. The third kappa shape index (κ3) is 3.28. The van der Waals surface area contributed by atoms with Crippen LogP contribution in [0.1, 0.15) is 42.9 Å². The highest BCUT2D eigenvalue weighted by Crippen LogP contribution is 2.30. The second-order valence-electron chi connectivity index (χ2n) is 5.72. The number of benzene rings is 1. The molecule has 120 valence electrons. The number of nitrogens with one attached hydrogen (secondary N) is 1. The molecule has 4 heteroatoms. The summed E-state index contributed by atoms with van der Waals surface area (Å²) in [6.45, 7) is 4.67. The summed E-state index contributed by atoms with van der Waals surface area (Å²) in [5, 5.41) is 14.8. The van der Waals surface area contributed by atoms with Crippen LogP contribution in [0.4, 0.5) is 0 Å². The van der Waals surface area contributed by atoms with Crippen LogP contribution in [-0.4, -0.2) is 16.6 Å². The average molecular weight is 310 g/mol. The number of para-hydroxylation sites is 1. The van der Waals surface area contributed by atoms with Crippen molar-refractivity contribution in [2.45, 2.75) is 32.4 Å². The minimum absolute atomic E-state index is 0.0360. The SMILES string of the molecule is CCc1c(C(C)NCC(O)c2ccncc2)oc2ccccc12. The predicted molar refractivity (Wildman–Crippen MR) is 91.2 cm³/mol. The Morgan fingerprint density at radius 1 is 1.17 bits per heavy atom. The second kappa shape index (κ2) is 6.94. The van der Waals surface area contributed by atoms with Gasteiger partial charge in [-0.3, -0.25) is 4.98 Å². The van der Waals surface area contributed by atoms with Gasteiger partial charge in [-0.05, 0) is 37.1 Å². The van der Waals surface area contributed by atoms with Crippen LogP contribution < -0.4 is 5.32 Å². The van der Waals surface area contributed by atoms with Gasteiger partial charge in [0.05, 0.1) is 12.1 Å². The molecule has 4 nitrogen and oxygen atoms in total. The van der Waals surface area contributed by atoms with E-state index in [1.807, 2.05) is 30.3 Å². The van der Waals surface area contributed by atoms with Crippen molar-refractivity contribution in [2.75, 3.05) is 6.54 Å². The highest BCUT2D eigenvalue weighted by Gasteiger charge is 2.19. The van der Waals surface area contributed by atoms with Crippen molar-refractivity contribution in [3.8, 4) is 0 Å². The Kier molecular flexibility index (Phi) is 4.74. The van der Waals surface area contributed by atoms with Crippen LogP contribution in [0.5, 0.6) is 0 Å². The highest BCUT2D eigenvalue weighted by atomic mass is 16.3.